The molecule has 2 aliphatic heterocycles. The Hall–Kier alpha value is -1.65. The zero-order chi connectivity index (χ0) is 19.6. The van der Waals surface area contributed by atoms with E-state index < -0.39 is 0 Å². The molecule has 27 heavy (non-hydrogen) atoms. The Morgan fingerprint density at radius 1 is 1.04 bits per heavy atom. The molecule has 0 bridgehead atoms. The van der Waals surface area contributed by atoms with Gasteiger partial charge in [-0.25, -0.2) is 9.97 Å². The third-order valence-corrected chi connectivity index (χ3v) is 5.99. The van der Waals surface area contributed by atoms with Crippen molar-refractivity contribution in [2.24, 2.45) is 11.8 Å². The second kappa shape index (κ2) is 8.57. The molecule has 5 nitrogen and oxygen atoms in total. The lowest BCUT2D eigenvalue weighted by Crippen LogP contribution is -2.46. The van der Waals surface area contributed by atoms with Crippen molar-refractivity contribution >= 4 is 11.7 Å². The van der Waals surface area contributed by atoms with Crippen LogP contribution in [0.2, 0.25) is 0 Å². The Kier molecular flexibility index (Phi) is 6.38. The zero-order valence-corrected chi connectivity index (χ0v) is 17.7. The number of carbonyl (C=O) groups is 1. The minimum Gasteiger partial charge on any atom is -0.356 e. The number of likely N-dealkylation sites (tertiary alicyclic amines) is 1. The van der Waals surface area contributed by atoms with Gasteiger partial charge in [-0.1, -0.05) is 34.6 Å². The van der Waals surface area contributed by atoms with Crippen molar-refractivity contribution < 1.29 is 4.79 Å². The first-order valence-electron chi connectivity index (χ1n) is 10.8. The maximum Gasteiger partial charge on any atom is 0.225 e. The van der Waals surface area contributed by atoms with Gasteiger partial charge in [0, 0.05) is 49.8 Å². The van der Waals surface area contributed by atoms with Gasteiger partial charge in [0.05, 0.1) is 0 Å². The van der Waals surface area contributed by atoms with Crippen LogP contribution in [0.5, 0.6) is 0 Å². The predicted octanol–water partition coefficient (Wildman–Crippen LogP) is 4.20. The molecule has 0 aliphatic carbocycles. The van der Waals surface area contributed by atoms with Gasteiger partial charge in [0.15, 0.2) is 0 Å². The molecule has 1 unspecified atom stereocenters. The Morgan fingerprint density at radius 3 is 2.33 bits per heavy atom. The smallest absolute Gasteiger partial charge is 0.225 e. The Labute approximate surface area is 164 Å². The maximum absolute atomic E-state index is 12.9. The second-order valence-corrected chi connectivity index (χ2v) is 9.11. The van der Waals surface area contributed by atoms with E-state index in [2.05, 4.69) is 50.5 Å². The fourth-order valence-electron chi connectivity index (χ4n) is 4.19. The minimum atomic E-state index is 0.183. The summed E-state index contributed by atoms with van der Waals surface area (Å²) in [5, 5.41) is 0. The van der Waals surface area contributed by atoms with Gasteiger partial charge in [0.1, 0.15) is 11.6 Å². The van der Waals surface area contributed by atoms with E-state index in [1.807, 2.05) is 0 Å². The normalized spacial score (nSPS) is 22.0. The van der Waals surface area contributed by atoms with E-state index in [-0.39, 0.29) is 5.92 Å². The van der Waals surface area contributed by atoms with E-state index >= 15 is 0 Å². The molecule has 0 spiro atoms. The van der Waals surface area contributed by atoms with Crippen molar-refractivity contribution in [3.8, 4) is 0 Å². The number of amides is 1. The summed E-state index contributed by atoms with van der Waals surface area (Å²) in [5.41, 5.74) is 1.12. The van der Waals surface area contributed by atoms with Gasteiger partial charge < -0.3 is 9.80 Å². The van der Waals surface area contributed by atoms with E-state index in [1.165, 1.54) is 6.42 Å². The van der Waals surface area contributed by atoms with Crippen LogP contribution in [0.1, 0.15) is 83.7 Å². The van der Waals surface area contributed by atoms with Gasteiger partial charge in [-0.2, -0.15) is 0 Å². The van der Waals surface area contributed by atoms with Crippen molar-refractivity contribution in [2.45, 2.75) is 72.1 Å². The standard InChI is InChI=1S/C22H36N4O/c1-15(2)19-13-20(24-21(23-19)16(3)4)25-11-8-18(9-12-25)22(27)26-10-6-7-17(5)14-26/h13,15-18H,6-12,14H2,1-5H3. The molecule has 2 saturated heterocycles. The van der Waals surface area contributed by atoms with Crippen LogP contribution in [-0.4, -0.2) is 47.0 Å². The number of hydrogen-bond donors (Lipinski definition) is 0. The van der Waals surface area contributed by atoms with E-state index in [0.29, 0.717) is 23.7 Å². The third-order valence-electron chi connectivity index (χ3n) is 5.99. The highest BCUT2D eigenvalue weighted by molar-refractivity contribution is 5.79. The topological polar surface area (TPSA) is 49.3 Å². The van der Waals surface area contributed by atoms with E-state index in [4.69, 9.17) is 9.97 Å². The monoisotopic (exact) mass is 372 g/mol. The number of carbonyl (C=O) groups excluding carboxylic acids is 1. The van der Waals surface area contributed by atoms with Gasteiger partial charge in [-0.15, -0.1) is 0 Å². The van der Waals surface area contributed by atoms with E-state index in [0.717, 1.165) is 62.8 Å². The van der Waals surface area contributed by atoms with Crippen molar-refractivity contribution in [3.05, 3.63) is 17.6 Å². The molecule has 0 saturated carbocycles. The molecule has 0 radical (unpaired) electrons. The average Bonchev–Trinajstić information content (AvgIpc) is 2.67. The largest absolute Gasteiger partial charge is 0.356 e. The van der Waals surface area contributed by atoms with Crippen LogP contribution in [0, 0.1) is 11.8 Å². The lowest BCUT2D eigenvalue weighted by Gasteiger charge is -2.37. The molecule has 2 fully saturated rings. The summed E-state index contributed by atoms with van der Waals surface area (Å²) >= 11 is 0. The number of rotatable bonds is 4. The average molecular weight is 373 g/mol. The van der Waals surface area contributed by atoms with E-state index in [1.54, 1.807) is 0 Å². The molecule has 0 aromatic carbocycles. The van der Waals surface area contributed by atoms with Gasteiger partial charge in [-0.3, -0.25) is 4.79 Å². The summed E-state index contributed by atoms with van der Waals surface area (Å²) in [7, 11) is 0. The number of piperidine rings is 2. The maximum atomic E-state index is 12.9. The molecule has 0 N–H and O–H groups in total. The number of hydrogen-bond acceptors (Lipinski definition) is 4. The highest BCUT2D eigenvalue weighted by Crippen LogP contribution is 2.28. The van der Waals surface area contributed by atoms with Crippen LogP contribution in [0.4, 0.5) is 5.82 Å². The lowest BCUT2D eigenvalue weighted by atomic mass is 9.92. The Bertz CT molecular complexity index is 623. The summed E-state index contributed by atoms with van der Waals surface area (Å²) in [4.78, 5) is 26.9. The molecule has 5 heteroatoms. The van der Waals surface area contributed by atoms with Gasteiger partial charge >= 0.3 is 0 Å². The minimum absolute atomic E-state index is 0.183. The van der Waals surface area contributed by atoms with Crippen molar-refractivity contribution in [1.29, 1.82) is 0 Å². The summed E-state index contributed by atoms with van der Waals surface area (Å²) in [6.45, 7) is 14.6. The van der Waals surface area contributed by atoms with Crippen LogP contribution < -0.4 is 4.90 Å². The van der Waals surface area contributed by atoms with Crippen LogP contribution in [0.3, 0.4) is 0 Å². The van der Waals surface area contributed by atoms with E-state index in [9.17, 15) is 4.79 Å². The van der Waals surface area contributed by atoms with Crippen molar-refractivity contribution in [3.63, 3.8) is 0 Å². The van der Waals surface area contributed by atoms with Crippen LogP contribution >= 0.6 is 0 Å². The van der Waals surface area contributed by atoms with Crippen LogP contribution in [0.25, 0.3) is 0 Å². The Balaban J connectivity index is 1.66. The fourth-order valence-corrected chi connectivity index (χ4v) is 4.19. The molecule has 1 aromatic rings. The molecule has 1 atom stereocenters. The number of aromatic nitrogens is 2. The first-order valence-corrected chi connectivity index (χ1v) is 10.8. The molecule has 150 valence electrons. The van der Waals surface area contributed by atoms with Gasteiger partial charge in [0.25, 0.3) is 0 Å². The molecule has 3 rings (SSSR count). The first-order chi connectivity index (χ1) is 12.8. The highest BCUT2D eigenvalue weighted by atomic mass is 16.2. The number of nitrogens with zero attached hydrogens (tertiary/aromatic N) is 4. The van der Waals surface area contributed by atoms with Crippen LogP contribution in [0.15, 0.2) is 6.07 Å². The summed E-state index contributed by atoms with van der Waals surface area (Å²) in [6, 6.07) is 2.14. The second-order valence-electron chi connectivity index (χ2n) is 9.11. The van der Waals surface area contributed by atoms with Crippen molar-refractivity contribution in [2.75, 3.05) is 31.1 Å². The SMILES string of the molecule is CC1CCCN(C(=O)C2CCN(c3cc(C(C)C)nc(C(C)C)n3)CC2)C1. The highest BCUT2D eigenvalue weighted by Gasteiger charge is 2.31. The molecule has 1 amide bonds. The Morgan fingerprint density at radius 2 is 1.74 bits per heavy atom. The lowest BCUT2D eigenvalue weighted by molar-refractivity contribution is -0.137. The zero-order valence-electron chi connectivity index (χ0n) is 17.7. The van der Waals surface area contributed by atoms with Crippen LogP contribution in [-0.2, 0) is 4.79 Å². The predicted molar refractivity (Wildman–Crippen MR) is 110 cm³/mol. The molecule has 3 heterocycles. The summed E-state index contributed by atoms with van der Waals surface area (Å²) in [5.74, 6) is 3.89. The molecular formula is C22H36N4O. The van der Waals surface area contributed by atoms with Gasteiger partial charge in [0.2, 0.25) is 5.91 Å². The van der Waals surface area contributed by atoms with Gasteiger partial charge in [-0.05, 0) is 37.5 Å². The number of anilines is 1. The van der Waals surface area contributed by atoms with Crippen molar-refractivity contribution in [1.82, 2.24) is 14.9 Å². The fraction of sp³-hybridized carbons (Fsp3) is 0.773. The summed E-state index contributed by atoms with van der Waals surface area (Å²) in [6.07, 6.45) is 4.28. The molecule has 2 aliphatic rings. The molecular weight excluding hydrogens is 336 g/mol. The first kappa shape index (κ1) is 20.1. The summed E-state index contributed by atoms with van der Waals surface area (Å²) < 4.78 is 0. The third kappa shape index (κ3) is 4.80. The quantitative estimate of drug-likeness (QED) is 0.795. The molecule has 1 aromatic heterocycles.